The van der Waals surface area contributed by atoms with Crippen LogP contribution >= 0.6 is 0 Å². The largest absolute Gasteiger partial charge is 0.416 e. The predicted molar refractivity (Wildman–Crippen MR) is 110 cm³/mol. The van der Waals surface area contributed by atoms with E-state index in [2.05, 4.69) is 15.5 Å². The summed E-state index contributed by atoms with van der Waals surface area (Å²) in [5, 5.41) is 6.56. The first-order chi connectivity index (χ1) is 14.5. The fourth-order valence-corrected chi connectivity index (χ4v) is 3.75. The molecule has 0 radical (unpaired) electrons. The first-order valence-electron chi connectivity index (χ1n) is 10.6. The number of ether oxygens (including phenoxy) is 2. The molecule has 1 aromatic carbocycles. The van der Waals surface area contributed by atoms with Gasteiger partial charge in [-0.3, -0.25) is 9.89 Å². The van der Waals surface area contributed by atoms with Crippen molar-refractivity contribution in [1.29, 1.82) is 0 Å². The van der Waals surface area contributed by atoms with Crippen molar-refractivity contribution in [3.05, 3.63) is 35.4 Å². The summed E-state index contributed by atoms with van der Waals surface area (Å²) in [6, 6.07) is 5.30. The molecule has 0 saturated carbocycles. The number of rotatable bonds is 7. The number of nitrogens with one attached hydrogen (secondary N) is 2. The molecule has 2 atom stereocenters. The number of benzene rings is 1. The molecule has 2 aliphatic heterocycles. The molecule has 2 N–H and O–H groups in total. The third-order valence-electron chi connectivity index (χ3n) is 5.40. The molecule has 2 heterocycles. The molecule has 0 aliphatic carbocycles. The molecule has 2 saturated heterocycles. The summed E-state index contributed by atoms with van der Waals surface area (Å²) >= 11 is 0. The molecule has 0 aromatic heterocycles. The topological polar surface area (TPSA) is 58.1 Å². The lowest BCUT2D eigenvalue weighted by Gasteiger charge is -2.34. The Bertz CT molecular complexity index is 670. The Morgan fingerprint density at radius 1 is 1.17 bits per heavy atom. The minimum absolute atomic E-state index is 0.116. The van der Waals surface area contributed by atoms with Gasteiger partial charge in [-0.1, -0.05) is 12.1 Å². The van der Waals surface area contributed by atoms with Crippen molar-refractivity contribution >= 4 is 5.96 Å². The average Bonchev–Trinajstić information content (AvgIpc) is 3.26. The minimum atomic E-state index is -4.34. The van der Waals surface area contributed by atoms with E-state index in [0.717, 1.165) is 56.8 Å². The Morgan fingerprint density at radius 3 is 2.50 bits per heavy atom. The van der Waals surface area contributed by atoms with Gasteiger partial charge >= 0.3 is 6.18 Å². The van der Waals surface area contributed by atoms with Gasteiger partial charge < -0.3 is 20.1 Å². The van der Waals surface area contributed by atoms with E-state index < -0.39 is 11.7 Å². The van der Waals surface area contributed by atoms with E-state index in [1.54, 1.807) is 12.1 Å². The van der Waals surface area contributed by atoms with Crippen LogP contribution in [0.25, 0.3) is 0 Å². The molecule has 1 aromatic rings. The number of halogens is 3. The Balaban J connectivity index is 1.72. The van der Waals surface area contributed by atoms with Crippen molar-refractivity contribution in [1.82, 2.24) is 15.5 Å². The zero-order valence-electron chi connectivity index (χ0n) is 17.4. The van der Waals surface area contributed by atoms with Gasteiger partial charge in [0, 0.05) is 32.8 Å². The van der Waals surface area contributed by atoms with Crippen LogP contribution in [0.3, 0.4) is 0 Å². The second kappa shape index (κ2) is 11.0. The normalized spacial score (nSPS) is 22.1. The van der Waals surface area contributed by atoms with Gasteiger partial charge in [-0.05, 0) is 37.5 Å². The Hall–Kier alpha value is -1.84. The molecule has 3 rings (SSSR count). The maximum atomic E-state index is 13.0. The Morgan fingerprint density at radius 2 is 1.90 bits per heavy atom. The highest BCUT2D eigenvalue weighted by Gasteiger charge is 2.31. The smallest absolute Gasteiger partial charge is 0.379 e. The molecular formula is C21H31F3N4O2. The van der Waals surface area contributed by atoms with E-state index in [1.807, 2.05) is 6.92 Å². The van der Waals surface area contributed by atoms with E-state index in [-0.39, 0.29) is 12.1 Å². The van der Waals surface area contributed by atoms with Crippen LogP contribution in [0.15, 0.2) is 29.3 Å². The standard InChI is InChI=1S/C21H31F3N4O2/c1-2-25-20(26-14-18-4-3-11-30-18)27-15-19(28-9-12-29-13-10-28)16-5-7-17(8-6-16)21(22,23)24/h5-8,18-19H,2-4,9-15H2,1H3,(H2,25,26,27). The average molecular weight is 428 g/mol. The quantitative estimate of drug-likeness (QED) is 0.517. The van der Waals surface area contributed by atoms with Crippen LogP contribution in [0, 0.1) is 0 Å². The second-order valence-corrected chi connectivity index (χ2v) is 7.52. The summed E-state index contributed by atoms with van der Waals surface area (Å²) in [4.78, 5) is 6.95. The van der Waals surface area contributed by atoms with Crippen LogP contribution < -0.4 is 10.6 Å². The Labute approximate surface area is 175 Å². The molecule has 9 heteroatoms. The highest BCUT2D eigenvalue weighted by molar-refractivity contribution is 5.79. The van der Waals surface area contributed by atoms with Crippen molar-refractivity contribution < 1.29 is 22.6 Å². The fraction of sp³-hybridized carbons (Fsp3) is 0.667. The first-order valence-corrected chi connectivity index (χ1v) is 10.6. The summed E-state index contributed by atoms with van der Waals surface area (Å²) in [6.45, 7) is 7.31. The van der Waals surface area contributed by atoms with Gasteiger partial charge in [-0.2, -0.15) is 13.2 Å². The second-order valence-electron chi connectivity index (χ2n) is 7.52. The van der Waals surface area contributed by atoms with Gasteiger partial charge in [-0.15, -0.1) is 0 Å². The first kappa shape index (κ1) is 22.8. The SMILES string of the molecule is CCNC(=NCC(c1ccc(C(F)(F)F)cc1)N1CCOCC1)NCC1CCCO1. The van der Waals surface area contributed by atoms with Crippen LogP contribution in [0.5, 0.6) is 0 Å². The molecule has 2 fully saturated rings. The maximum absolute atomic E-state index is 13.0. The number of aliphatic imine (C=N–C) groups is 1. The van der Waals surface area contributed by atoms with Crippen LogP contribution in [-0.4, -0.2) is 69.5 Å². The number of hydrogen-bond donors (Lipinski definition) is 2. The van der Waals surface area contributed by atoms with Gasteiger partial charge in [0.25, 0.3) is 0 Å². The third kappa shape index (κ3) is 6.58. The van der Waals surface area contributed by atoms with Crippen molar-refractivity contribution in [2.24, 2.45) is 4.99 Å². The van der Waals surface area contributed by atoms with Gasteiger partial charge in [0.1, 0.15) is 0 Å². The summed E-state index contributed by atoms with van der Waals surface area (Å²) in [6.07, 6.45) is -2.03. The fourth-order valence-electron chi connectivity index (χ4n) is 3.75. The van der Waals surface area contributed by atoms with Crippen molar-refractivity contribution in [2.75, 3.05) is 52.5 Å². The summed E-state index contributed by atoms with van der Waals surface area (Å²) in [5.41, 5.74) is 0.186. The lowest BCUT2D eigenvalue weighted by atomic mass is 10.0. The van der Waals surface area contributed by atoms with Crippen LogP contribution in [0.2, 0.25) is 0 Å². The van der Waals surface area contributed by atoms with Crippen molar-refractivity contribution in [2.45, 2.75) is 38.1 Å². The lowest BCUT2D eigenvalue weighted by Crippen LogP contribution is -2.43. The molecule has 30 heavy (non-hydrogen) atoms. The van der Waals surface area contributed by atoms with Crippen LogP contribution in [0.4, 0.5) is 13.2 Å². The van der Waals surface area contributed by atoms with E-state index in [0.29, 0.717) is 32.3 Å². The van der Waals surface area contributed by atoms with Gasteiger partial charge in [0.15, 0.2) is 5.96 Å². The molecule has 0 spiro atoms. The molecule has 2 unspecified atom stereocenters. The maximum Gasteiger partial charge on any atom is 0.416 e. The predicted octanol–water partition coefficient (Wildman–Crippen LogP) is 2.81. The van der Waals surface area contributed by atoms with Crippen LogP contribution in [0.1, 0.15) is 36.9 Å². The number of morpholine rings is 1. The van der Waals surface area contributed by atoms with Crippen molar-refractivity contribution in [3.63, 3.8) is 0 Å². The highest BCUT2D eigenvalue weighted by Crippen LogP contribution is 2.31. The molecule has 168 valence electrons. The zero-order valence-corrected chi connectivity index (χ0v) is 17.4. The number of alkyl halides is 3. The molecule has 0 bridgehead atoms. The number of hydrogen-bond acceptors (Lipinski definition) is 4. The summed E-state index contributed by atoms with van der Waals surface area (Å²) < 4.78 is 49.9. The number of guanidine groups is 1. The van der Waals surface area contributed by atoms with E-state index in [1.165, 1.54) is 0 Å². The highest BCUT2D eigenvalue weighted by atomic mass is 19.4. The molecule has 6 nitrogen and oxygen atoms in total. The van der Waals surface area contributed by atoms with E-state index in [4.69, 9.17) is 14.5 Å². The summed E-state index contributed by atoms with van der Waals surface area (Å²) in [5.74, 6) is 0.693. The summed E-state index contributed by atoms with van der Waals surface area (Å²) in [7, 11) is 0. The van der Waals surface area contributed by atoms with Gasteiger partial charge in [0.05, 0.1) is 37.5 Å². The zero-order chi connectivity index (χ0) is 21.4. The van der Waals surface area contributed by atoms with Gasteiger partial charge in [0.2, 0.25) is 0 Å². The van der Waals surface area contributed by atoms with Gasteiger partial charge in [-0.25, -0.2) is 0 Å². The molecule has 2 aliphatic rings. The minimum Gasteiger partial charge on any atom is -0.379 e. The third-order valence-corrected chi connectivity index (χ3v) is 5.40. The van der Waals surface area contributed by atoms with E-state index in [9.17, 15) is 13.2 Å². The van der Waals surface area contributed by atoms with Crippen LogP contribution in [-0.2, 0) is 15.7 Å². The molecule has 0 amide bonds. The van der Waals surface area contributed by atoms with E-state index >= 15 is 0 Å². The monoisotopic (exact) mass is 428 g/mol. The molecular weight excluding hydrogens is 397 g/mol. The number of nitrogens with zero attached hydrogens (tertiary/aromatic N) is 2. The Kier molecular flexibility index (Phi) is 8.35. The lowest BCUT2D eigenvalue weighted by molar-refractivity contribution is -0.137. The van der Waals surface area contributed by atoms with Crippen molar-refractivity contribution in [3.8, 4) is 0 Å².